The van der Waals surface area contributed by atoms with Crippen molar-refractivity contribution in [1.82, 2.24) is 4.90 Å². The first-order valence-corrected chi connectivity index (χ1v) is 7.36. The van der Waals surface area contributed by atoms with E-state index in [4.69, 9.17) is 16.3 Å². The van der Waals surface area contributed by atoms with Crippen LogP contribution in [0.15, 0.2) is 24.3 Å². The molecule has 0 saturated carbocycles. The third-order valence-electron chi connectivity index (χ3n) is 4.32. The van der Waals surface area contributed by atoms with Crippen molar-refractivity contribution in [3.05, 3.63) is 29.3 Å². The molecule has 2 aliphatic rings. The van der Waals surface area contributed by atoms with Gasteiger partial charge in [-0.2, -0.15) is 0 Å². The van der Waals surface area contributed by atoms with E-state index < -0.39 is 11.9 Å². The summed E-state index contributed by atoms with van der Waals surface area (Å²) in [5, 5.41) is 9.79. The first-order valence-electron chi connectivity index (χ1n) is 6.98. The number of nitrogens with zero attached hydrogens (tertiary/aromatic N) is 1. The second-order valence-electron chi connectivity index (χ2n) is 5.52. The molecule has 1 aromatic rings. The van der Waals surface area contributed by atoms with Crippen molar-refractivity contribution in [2.45, 2.75) is 31.3 Å². The van der Waals surface area contributed by atoms with Crippen molar-refractivity contribution in [2.24, 2.45) is 5.92 Å². The van der Waals surface area contributed by atoms with E-state index in [1.165, 1.54) is 0 Å². The Balaban J connectivity index is 1.61. The van der Waals surface area contributed by atoms with Crippen LogP contribution in [-0.4, -0.2) is 40.6 Å². The van der Waals surface area contributed by atoms with Gasteiger partial charge in [0, 0.05) is 17.1 Å². The first-order chi connectivity index (χ1) is 10.1. The number of carboxylic acids is 1. The molecule has 0 spiro atoms. The number of rotatable bonds is 4. The maximum atomic E-state index is 12.3. The summed E-state index contributed by atoms with van der Waals surface area (Å²) in [6, 6.07) is 6.68. The smallest absolute Gasteiger partial charge is 0.308 e. The highest BCUT2D eigenvalue weighted by atomic mass is 35.5. The predicted octanol–water partition coefficient (Wildman–Crippen LogP) is 2.18. The lowest BCUT2D eigenvalue weighted by molar-refractivity contribution is -0.143. The van der Waals surface area contributed by atoms with Crippen LogP contribution in [0.3, 0.4) is 0 Å². The summed E-state index contributed by atoms with van der Waals surface area (Å²) in [6.45, 7) is -0.0685. The van der Waals surface area contributed by atoms with E-state index in [-0.39, 0.29) is 24.6 Å². The summed E-state index contributed by atoms with van der Waals surface area (Å²) < 4.78 is 5.46. The molecule has 1 amide bonds. The predicted molar refractivity (Wildman–Crippen MR) is 76.3 cm³/mol. The van der Waals surface area contributed by atoms with Gasteiger partial charge in [0.2, 0.25) is 0 Å². The van der Waals surface area contributed by atoms with Crippen LogP contribution in [0.1, 0.15) is 19.3 Å². The zero-order chi connectivity index (χ0) is 15.0. The molecule has 2 bridgehead atoms. The van der Waals surface area contributed by atoms with E-state index in [0.29, 0.717) is 17.2 Å². The van der Waals surface area contributed by atoms with Crippen LogP contribution in [-0.2, 0) is 9.59 Å². The number of halogens is 1. The lowest BCUT2D eigenvalue weighted by Gasteiger charge is -2.23. The van der Waals surface area contributed by atoms with Crippen LogP contribution in [0.25, 0.3) is 0 Å². The Hall–Kier alpha value is -1.75. The van der Waals surface area contributed by atoms with Gasteiger partial charge in [0.1, 0.15) is 5.75 Å². The molecule has 3 atom stereocenters. The summed E-state index contributed by atoms with van der Waals surface area (Å²) >= 11 is 5.78. The van der Waals surface area contributed by atoms with Crippen LogP contribution in [0.4, 0.5) is 0 Å². The molecule has 6 heteroatoms. The Morgan fingerprint density at radius 3 is 2.62 bits per heavy atom. The molecule has 0 radical (unpaired) electrons. The third kappa shape index (κ3) is 2.70. The number of ether oxygens (including phenoxy) is 1. The van der Waals surface area contributed by atoms with Crippen molar-refractivity contribution in [1.29, 1.82) is 0 Å². The maximum Gasteiger partial charge on any atom is 0.308 e. The van der Waals surface area contributed by atoms with Crippen molar-refractivity contribution in [3.63, 3.8) is 0 Å². The molecule has 1 N–H and O–H groups in total. The van der Waals surface area contributed by atoms with E-state index in [9.17, 15) is 14.7 Å². The largest absolute Gasteiger partial charge is 0.484 e. The molecule has 3 unspecified atom stereocenters. The third-order valence-corrected chi connectivity index (χ3v) is 4.57. The quantitative estimate of drug-likeness (QED) is 0.925. The number of fused-ring (bicyclic) bond motifs is 2. The number of hydrogen-bond acceptors (Lipinski definition) is 3. The molecule has 21 heavy (non-hydrogen) atoms. The summed E-state index contributed by atoms with van der Waals surface area (Å²) in [5.74, 6) is -0.794. The lowest BCUT2D eigenvalue weighted by atomic mass is 9.89. The average molecular weight is 310 g/mol. The minimum atomic E-state index is -0.807. The van der Waals surface area contributed by atoms with E-state index >= 15 is 0 Å². The number of benzene rings is 1. The van der Waals surface area contributed by atoms with Gasteiger partial charge in [0.05, 0.1) is 5.92 Å². The average Bonchev–Trinajstić information content (AvgIpc) is 3.04. The van der Waals surface area contributed by atoms with Crippen LogP contribution in [0.2, 0.25) is 5.02 Å². The van der Waals surface area contributed by atoms with Crippen molar-refractivity contribution >= 4 is 23.5 Å². The van der Waals surface area contributed by atoms with Gasteiger partial charge in [0.25, 0.3) is 5.91 Å². The second kappa shape index (κ2) is 5.56. The Morgan fingerprint density at radius 2 is 2.00 bits per heavy atom. The zero-order valence-corrected chi connectivity index (χ0v) is 12.1. The highest BCUT2D eigenvalue weighted by Gasteiger charge is 2.51. The van der Waals surface area contributed by atoms with Gasteiger partial charge in [-0.1, -0.05) is 11.6 Å². The maximum absolute atomic E-state index is 12.3. The van der Waals surface area contributed by atoms with E-state index in [2.05, 4.69) is 0 Å². The molecule has 0 aliphatic carbocycles. The topological polar surface area (TPSA) is 66.8 Å². The Labute approximate surface area is 127 Å². The Bertz CT molecular complexity index is 559. The second-order valence-corrected chi connectivity index (χ2v) is 5.96. The molecule has 2 fully saturated rings. The van der Waals surface area contributed by atoms with Crippen LogP contribution >= 0.6 is 11.6 Å². The normalized spacial score (nSPS) is 26.9. The molecule has 5 nitrogen and oxygen atoms in total. The molecule has 1 aromatic carbocycles. The number of amides is 1. The van der Waals surface area contributed by atoms with Crippen LogP contribution in [0.5, 0.6) is 5.75 Å². The lowest BCUT2D eigenvalue weighted by Crippen LogP contribution is -2.40. The fourth-order valence-electron chi connectivity index (χ4n) is 3.39. The molecule has 2 heterocycles. The van der Waals surface area contributed by atoms with Gasteiger partial charge < -0.3 is 14.7 Å². The standard InChI is InChI=1S/C15H16ClNO4/c16-9-1-4-11(5-2-9)21-8-14(18)17-10-3-6-13(17)12(7-10)15(19)20/h1-2,4-5,10,12-13H,3,6-8H2,(H,19,20). The Morgan fingerprint density at radius 1 is 1.29 bits per heavy atom. The summed E-state index contributed by atoms with van der Waals surface area (Å²) in [7, 11) is 0. The van der Waals surface area contributed by atoms with E-state index in [1.807, 2.05) is 0 Å². The fraction of sp³-hybridized carbons (Fsp3) is 0.467. The zero-order valence-electron chi connectivity index (χ0n) is 11.4. The monoisotopic (exact) mass is 309 g/mol. The van der Waals surface area contributed by atoms with Gasteiger partial charge in [-0.3, -0.25) is 9.59 Å². The summed E-state index contributed by atoms with van der Waals surface area (Å²) in [5.41, 5.74) is 0. The molecular weight excluding hydrogens is 294 g/mol. The minimum absolute atomic E-state index is 0.0532. The fourth-order valence-corrected chi connectivity index (χ4v) is 3.52. The van der Waals surface area contributed by atoms with Crippen molar-refractivity contribution < 1.29 is 19.4 Å². The number of hydrogen-bond donors (Lipinski definition) is 1. The number of carboxylic acid groups (broad SMARTS) is 1. The van der Waals surface area contributed by atoms with Gasteiger partial charge in [0.15, 0.2) is 6.61 Å². The SMILES string of the molecule is O=C(O)C1CC2CCC1N2C(=O)COc1ccc(Cl)cc1. The van der Waals surface area contributed by atoms with Crippen molar-refractivity contribution in [3.8, 4) is 5.75 Å². The highest BCUT2D eigenvalue weighted by Crippen LogP contribution is 2.41. The number of carbonyl (C=O) groups excluding carboxylic acids is 1. The number of carbonyl (C=O) groups is 2. The molecular formula is C15H16ClNO4. The number of aliphatic carboxylic acids is 1. The van der Waals surface area contributed by atoms with Gasteiger partial charge >= 0.3 is 5.97 Å². The summed E-state index contributed by atoms with van der Waals surface area (Å²) in [4.78, 5) is 25.2. The van der Waals surface area contributed by atoms with Gasteiger partial charge in [-0.05, 0) is 43.5 Å². The van der Waals surface area contributed by atoms with E-state index in [1.54, 1.807) is 29.2 Å². The van der Waals surface area contributed by atoms with Gasteiger partial charge in [-0.25, -0.2) is 0 Å². The molecule has 112 valence electrons. The van der Waals surface area contributed by atoms with Gasteiger partial charge in [-0.15, -0.1) is 0 Å². The molecule has 2 aliphatic heterocycles. The minimum Gasteiger partial charge on any atom is -0.484 e. The first kappa shape index (κ1) is 14.2. The molecule has 3 rings (SSSR count). The Kier molecular flexibility index (Phi) is 3.76. The van der Waals surface area contributed by atoms with Crippen molar-refractivity contribution in [2.75, 3.05) is 6.61 Å². The highest BCUT2D eigenvalue weighted by molar-refractivity contribution is 6.30. The molecule has 0 aromatic heterocycles. The van der Waals surface area contributed by atoms with Crippen LogP contribution < -0.4 is 4.74 Å². The summed E-state index contributed by atoms with van der Waals surface area (Å²) in [6.07, 6.45) is 2.22. The molecule has 2 saturated heterocycles. The van der Waals surface area contributed by atoms with Crippen LogP contribution in [0, 0.1) is 5.92 Å². The van der Waals surface area contributed by atoms with E-state index in [0.717, 1.165) is 12.8 Å².